The van der Waals surface area contributed by atoms with Gasteiger partial charge in [0.15, 0.2) is 0 Å². The van der Waals surface area contributed by atoms with E-state index < -0.39 is 5.97 Å². The van der Waals surface area contributed by atoms with Gasteiger partial charge in [-0.2, -0.15) is 0 Å². The molecule has 0 aliphatic heterocycles. The quantitative estimate of drug-likeness (QED) is 0.123. The van der Waals surface area contributed by atoms with Gasteiger partial charge in [0.2, 0.25) is 5.91 Å². The maximum absolute atomic E-state index is 13.4. The van der Waals surface area contributed by atoms with Crippen LogP contribution in [-0.4, -0.2) is 55.3 Å². The molecule has 3 aromatic carbocycles. The summed E-state index contributed by atoms with van der Waals surface area (Å²) in [7, 11) is 1.66. The minimum Gasteiger partial charge on any atom is -0.497 e. The van der Waals surface area contributed by atoms with Gasteiger partial charge in [-0.3, -0.25) is 9.59 Å². The molecule has 2 atom stereocenters. The van der Waals surface area contributed by atoms with Crippen LogP contribution < -0.4 is 4.74 Å². The predicted octanol–water partition coefficient (Wildman–Crippen LogP) is 7.35. The third-order valence-electron chi connectivity index (χ3n) is 7.84. The Kier molecular flexibility index (Phi) is 15.1. The summed E-state index contributed by atoms with van der Waals surface area (Å²) in [5.74, 6) is 6.95. The number of amides is 1. The number of carboxylic acid groups (broad SMARTS) is 1. The molecule has 44 heavy (non-hydrogen) atoms. The van der Waals surface area contributed by atoms with Crippen LogP contribution in [0.1, 0.15) is 80.5 Å². The summed E-state index contributed by atoms with van der Waals surface area (Å²) in [5, 5.41) is 8.97. The second-order valence-electron chi connectivity index (χ2n) is 11.3. The van der Waals surface area contributed by atoms with E-state index in [0.29, 0.717) is 19.6 Å². The first-order valence-corrected chi connectivity index (χ1v) is 15.8. The van der Waals surface area contributed by atoms with E-state index >= 15 is 0 Å². The van der Waals surface area contributed by atoms with Gasteiger partial charge in [-0.05, 0) is 85.0 Å². The van der Waals surface area contributed by atoms with Gasteiger partial charge in [0.1, 0.15) is 5.75 Å². The molecule has 234 valence electrons. The third kappa shape index (κ3) is 12.3. The second kappa shape index (κ2) is 19.2. The van der Waals surface area contributed by atoms with Gasteiger partial charge >= 0.3 is 5.97 Å². The molecule has 0 spiro atoms. The smallest absolute Gasteiger partial charge is 0.305 e. The van der Waals surface area contributed by atoms with Crippen molar-refractivity contribution in [3.8, 4) is 17.6 Å². The fraction of sp³-hybridized carbons (Fsp3) is 0.421. The minimum atomic E-state index is -0.862. The number of rotatable bonds is 18. The summed E-state index contributed by atoms with van der Waals surface area (Å²) in [6, 6.07) is 26.3. The van der Waals surface area contributed by atoms with Crippen LogP contribution in [0.3, 0.4) is 0 Å². The van der Waals surface area contributed by atoms with E-state index in [0.717, 1.165) is 55.5 Å². The van der Waals surface area contributed by atoms with E-state index in [1.807, 2.05) is 47.4 Å². The van der Waals surface area contributed by atoms with Gasteiger partial charge in [0.05, 0.1) is 20.1 Å². The topological polar surface area (TPSA) is 76.1 Å². The molecular weight excluding hydrogens is 550 g/mol. The zero-order chi connectivity index (χ0) is 31.6. The molecular formula is C38H47NO5. The highest BCUT2D eigenvalue weighted by Crippen LogP contribution is 2.30. The molecule has 0 saturated heterocycles. The molecule has 0 radical (unpaired) electrons. The third-order valence-corrected chi connectivity index (χ3v) is 7.84. The summed E-state index contributed by atoms with van der Waals surface area (Å²) in [4.78, 5) is 26.4. The van der Waals surface area contributed by atoms with E-state index in [1.165, 1.54) is 11.1 Å². The first-order chi connectivity index (χ1) is 21.4. The van der Waals surface area contributed by atoms with Crippen molar-refractivity contribution in [2.24, 2.45) is 5.92 Å². The van der Waals surface area contributed by atoms with Gasteiger partial charge in [0.25, 0.3) is 0 Å². The maximum Gasteiger partial charge on any atom is 0.305 e. The normalized spacial score (nSPS) is 12.1. The Labute approximate surface area is 263 Å². The fourth-order valence-corrected chi connectivity index (χ4v) is 5.27. The van der Waals surface area contributed by atoms with Crippen LogP contribution in [-0.2, 0) is 20.7 Å². The number of methoxy groups -OCH3 is 1. The first kappa shape index (κ1) is 34.4. The summed E-state index contributed by atoms with van der Waals surface area (Å²) in [6.45, 7) is 6.42. The number of aliphatic carboxylic acids is 1. The zero-order valence-corrected chi connectivity index (χ0v) is 26.5. The van der Waals surface area contributed by atoms with Crippen molar-refractivity contribution >= 4 is 11.9 Å². The number of carbonyl (C=O) groups excluding carboxylic acids is 1. The number of ether oxygens (including phenoxy) is 2. The summed E-state index contributed by atoms with van der Waals surface area (Å²) in [6.07, 6.45) is 4.89. The maximum atomic E-state index is 13.4. The standard InChI is InChI=1S/C38H47NO5/c1-4-5-26-39(37(40)13-9-12-32-18-22-35(43-3)23-19-32)29-30(2)36(24-27-44-28-25-38(41)42)34-20-16-33(17-21-34)15-14-31-10-7-6-8-11-31/h6-8,10-11,16-23,30,36H,4-5,9,12-13,24-29H2,1-3H3,(H,41,42). The van der Waals surface area contributed by atoms with Crippen molar-refractivity contribution in [1.29, 1.82) is 0 Å². The average Bonchev–Trinajstić information content (AvgIpc) is 3.04. The Bertz CT molecular complexity index is 1330. The number of nitrogens with zero attached hydrogens (tertiary/aromatic N) is 1. The predicted molar refractivity (Wildman–Crippen MR) is 176 cm³/mol. The lowest BCUT2D eigenvalue weighted by atomic mass is 9.84. The Morgan fingerprint density at radius 1 is 0.864 bits per heavy atom. The van der Waals surface area contributed by atoms with Gasteiger partial charge in [-0.1, -0.05) is 74.6 Å². The molecule has 2 unspecified atom stereocenters. The number of aryl methyl sites for hydroxylation is 1. The van der Waals surface area contributed by atoms with E-state index in [4.69, 9.17) is 14.6 Å². The molecule has 3 rings (SSSR count). The van der Waals surface area contributed by atoms with Crippen molar-refractivity contribution in [3.63, 3.8) is 0 Å². The molecule has 0 heterocycles. The number of carboxylic acids is 1. The van der Waals surface area contributed by atoms with Crippen LogP contribution in [0.25, 0.3) is 0 Å². The van der Waals surface area contributed by atoms with Crippen molar-refractivity contribution in [1.82, 2.24) is 4.90 Å². The Hall–Kier alpha value is -4.08. The molecule has 1 N–H and O–H groups in total. The highest BCUT2D eigenvalue weighted by Gasteiger charge is 2.24. The largest absolute Gasteiger partial charge is 0.497 e. The van der Waals surface area contributed by atoms with Crippen molar-refractivity contribution in [2.45, 2.75) is 64.7 Å². The molecule has 3 aromatic rings. The summed E-state index contributed by atoms with van der Waals surface area (Å²) >= 11 is 0. The molecule has 0 saturated carbocycles. The Morgan fingerprint density at radius 2 is 1.55 bits per heavy atom. The molecule has 0 aliphatic carbocycles. The zero-order valence-electron chi connectivity index (χ0n) is 26.5. The van der Waals surface area contributed by atoms with E-state index in [-0.39, 0.29) is 30.8 Å². The molecule has 0 aromatic heterocycles. The van der Waals surface area contributed by atoms with E-state index in [9.17, 15) is 9.59 Å². The van der Waals surface area contributed by atoms with Gasteiger partial charge in [0, 0.05) is 37.2 Å². The molecule has 1 amide bonds. The van der Waals surface area contributed by atoms with Crippen molar-refractivity contribution < 1.29 is 24.2 Å². The van der Waals surface area contributed by atoms with Crippen LogP contribution >= 0.6 is 0 Å². The number of hydrogen-bond acceptors (Lipinski definition) is 4. The van der Waals surface area contributed by atoms with Gasteiger partial charge < -0.3 is 19.5 Å². The van der Waals surface area contributed by atoms with Gasteiger partial charge in [-0.15, -0.1) is 0 Å². The van der Waals surface area contributed by atoms with Crippen LogP contribution in [0.5, 0.6) is 5.75 Å². The van der Waals surface area contributed by atoms with Crippen LogP contribution in [0.15, 0.2) is 78.9 Å². The van der Waals surface area contributed by atoms with E-state index in [2.05, 4.69) is 62.1 Å². The lowest BCUT2D eigenvalue weighted by molar-refractivity contribution is -0.138. The number of unbranched alkanes of at least 4 members (excludes halogenated alkanes) is 1. The van der Waals surface area contributed by atoms with E-state index in [1.54, 1.807) is 7.11 Å². The van der Waals surface area contributed by atoms with Crippen LogP contribution in [0.4, 0.5) is 0 Å². The lowest BCUT2D eigenvalue weighted by Crippen LogP contribution is -2.37. The fourth-order valence-electron chi connectivity index (χ4n) is 5.27. The second-order valence-corrected chi connectivity index (χ2v) is 11.3. The van der Waals surface area contributed by atoms with Gasteiger partial charge in [-0.25, -0.2) is 0 Å². The van der Waals surface area contributed by atoms with Crippen molar-refractivity contribution in [3.05, 3.63) is 101 Å². The van der Waals surface area contributed by atoms with Crippen molar-refractivity contribution in [2.75, 3.05) is 33.4 Å². The highest BCUT2D eigenvalue weighted by molar-refractivity contribution is 5.76. The number of carbonyl (C=O) groups is 2. The minimum absolute atomic E-state index is 0.00910. The number of hydrogen-bond donors (Lipinski definition) is 1. The molecule has 6 heteroatoms. The lowest BCUT2D eigenvalue weighted by Gasteiger charge is -2.31. The Balaban J connectivity index is 1.68. The summed E-state index contributed by atoms with van der Waals surface area (Å²) < 4.78 is 10.9. The molecule has 6 nitrogen and oxygen atoms in total. The monoisotopic (exact) mass is 597 g/mol. The first-order valence-electron chi connectivity index (χ1n) is 15.8. The van der Waals surface area contributed by atoms with Crippen LogP contribution in [0, 0.1) is 17.8 Å². The molecule has 0 bridgehead atoms. The molecule has 0 aliphatic rings. The number of benzene rings is 3. The molecule has 0 fully saturated rings. The summed E-state index contributed by atoms with van der Waals surface area (Å²) in [5.41, 5.74) is 4.29. The average molecular weight is 598 g/mol. The van der Waals surface area contributed by atoms with Crippen LogP contribution in [0.2, 0.25) is 0 Å². The Morgan fingerprint density at radius 3 is 2.18 bits per heavy atom. The highest BCUT2D eigenvalue weighted by atomic mass is 16.5. The SMILES string of the molecule is CCCCN(CC(C)C(CCOCCC(=O)O)c1ccc(C#Cc2ccccc2)cc1)C(=O)CCCc1ccc(OC)cc1.